The van der Waals surface area contributed by atoms with Crippen molar-refractivity contribution in [3.8, 4) is 0 Å². The van der Waals surface area contributed by atoms with Crippen molar-refractivity contribution in [3.63, 3.8) is 0 Å². The fourth-order valence-corrected chi connectivity index (χ4v) is 1.48. The van der Waals surface area contributed by atoms with Crippen LogP contribution in [0, 0.1) is 0 Å². The third-order valence-electron chi connectivity index (χ3n) is 2.74. The lowest BCUT2D eigenvalue weighted by Crippen LogP contribution is -2.42. The first-order chi connectivity index (χ1) is 9.52. The number of benzene rings is 1. The summed E-state index contributed by atoms with van der Waals surface area (Å²) in [7, 11) is 1.24. The van der Waals surface area contributed by atoms with Gasteiger partial charge in [-0.15, -0.1) is 0 Å². The van der Waals surface area contributed by atoms with Crippen LogP contribution in [0.2, 0.25) is 0 Å². The molecule has 0 spiro atoms. The highest BCUT2D eigenvalue weighted by atomic mass is 16.5. The average molecular weight is 281 g/mol. The molecule has 0 aliphatic carbocycles. The number of methoxy groups -OCH3 is 1. The zero-order valence-electron chi connectivity index (χ0n) is 11.5. The maximum absolute atomic E-state index is 11.5. The van der Waals surface area contributed by atoms with Crippen LogP contribution < -0.4 is 5.32 Å². The van der Waals surface area contributed by atoms with Crippen molar-refractivity contribution in [2.75, 3.05) is 7.11 Å². The summed E-state index contributed by atoms with van der Waals surface area (Å²) in [5.74, 6) is -0.538. The Balaban J connectivity index is 2.32. The summed E-state index contributed by atoms with van der Waals surface area (Å²) in [4.78, 5) is 22.5. The summed E-state index contributed by atoms with van der Waals surface area (Å²) in [5, 5.41) is 12.1. The number of carbonyl (C=O) groups is 2. The molecule has 1 aromatic carbocycles. The van der Waals surface area contributed by atoms with Crippen molar-refractivity contribution >= 4 is 12.1 Å². The summed E-state index contributed by atoms with van der Waals surface area (Å²) in [6.45, 7) is 1.73. The Morgan fingerprint density at radius 3 is 2.55 bits per heavy atom. The topological polar surface area (TPSA) is 84.9 Å². The molecule has 0 heterocycles. The number of hydrogen-bond donors (Lipinski definition) is 2. The third-order valence-corrected chi connectivity index (χ3v) is 2.74. The van der Waals surface area contributed by atoms with E-state index < -0.39 is 24.2 Å². The van der Waals surface area contributed by atoms with Crippen molar-refractivity contribution in [1.82, 2.24) is 5.32 Å². The number of aliphatic hydroxyl groups is 1. The molecule has 0 saturated heterocycles. The van der Waals surface area contributed by atoms with E-state index in [1.54, 1.807) is 6.92 Å². The van der Waals surface area contributed by atoms with Gasteiger partial charge in [-0.05, 0) is 12.5 Å². The molecule has 1 aromatic rings. The monoisotopic (exact) mass is 281 g/mol. The van der Waals surface area contributed by atoms with Crippen LogP contribution >= 0.6 is 0 Å². The first kappa shape index (κ1) is 16.0. The number of nitrogens with one attached hydrogen (secondary N) is 1. The lowest BCUT2D eigenvalue weighted by molar-refractivity contribution is -0.143. The molecule has 0 unspecified atom stereocenters. The van der Waals surface area contributed by atoms with Crippen molar-refractivity contribution in [1.29, 1.82) is 0 Å². The van der Waals surface area contributed by atoms with Gasteiger partial charge in [-0.1, -0.05) is 30.3 Å². The molecule has 0 radical (unpaired) electrons. The number of amides is 1. The lowest BCUT2D eigenvalue weighted by Gasteiger charge is -2.19. The molecule has 1 rings (SSSR count). The molecule has 20 heavy (non-hydrogen) atoms. The van der Waals surface area contributed by atoms with Crippen LogP contribution in [0.4, 0.5) is 4.79 Å². The molecule has 0 aliphatic rings. The highest BCUT2D eigenvalue weighted by molar-refractivity contribution is 5.70. The van der Waals surface area contributed by atoms with Crippen LogP contribution in [-0.4, -0.2) is 36.4 Å². The van der Waals surface area contributed by atoms with E-state index in [9.17, 15) is 14.7 Å². The largest absolute Gasteiger partial charge is 0.469 e. The van der Waals surface area contributed by atoms with Crippen molar-refractivity contribution in [3.05, 3.63) is 35.9 Å². The minimum absolute atomic E-state index is 0.145. The van der Waals surface area contributed by atoms with Crippen LogP contribution in [0.25, 0.3) is 0 Å². The van der Waals surface area contributed by atoms with Crippen molar-refractivity contribution in [2.24, 2.45) is 0 Å². The second kappa shape index (κ2) is 8.16. The summed E-state index contributed by atoms with van der Waals surface area (Å²) in [6.07, 6.45) is -1.85. The Labute approximate surface area is 117 Å². The van der Waals surface area contributed by atoms with Gasteiger partial charge in [-0.25, -0.2) is 4.79 Å². The van der Waals surface area contributed by atoms with Gasteiger partial charge >= 0.3 is 12.1 Å². The second-order valence-corrected chi connectivity index (χ2v) is 4.34. The van der Waals surface area contributed by atoms with E-state index in [1.165, 1.54) is 7.11 Å². The molecular formula is C14H19NO5. The number of carbonyl (C=O) groups excluding carboxylic acids is 2. The second-order valence-electron chi connectivity index (χ2n) is 4.34. The Morgan fingerprint density at radius 1 is 1.30 bits per heavy atom. The first-order valence-electron chi connectivity index (χ1n) is 6.25. The Morgan fingerprint density at radius 2 is 1.95 bits per heavy atom. The zero-order valence-corrected chi connectivity index (χ0v) is 11.5. The molecule has 0 aromatic heterocycles. The minimum atomic E-state index is -1.02. The Bertz CT molecular complexity index is 434. The maximum Gasteiger partial charge on any atom is 0.407 e. The number of ether oxygens (including phenoxy) is 2. The van der Waals surface area contributed by atoms with Crippen molar-refractivity contribution in [2.45, 2.75) is 32.1 Å². The van der Waals surface area contributed by atoms with Crippen LogP contribution in [0.5, 0.6) is 0 Å². The number of aliphatic hydroxyl groups excluding tert-OH is 1. The molecule has 0 bridgehead atoms. The average Bonchev–Trinajstić information content (AvgIpc) is 2.45. The van der Waals surface area contributed by atoms with Gasteiger partial charge in [0.05, 0.1) is 25.7 Å². The number of esters is 1. The van der Waals surface area contributed by atoms with Gasteiger partial charge in [0, 0.05) is 0 Å². The predicted octanol–water partition coefficient (Wildman–Crippen LogP) is 1.23. The Hall–Kier alpha value is -2.08. The van der Waals surface area contributed by atoms with Gasteiger partial charge in [0.15, 0.2) is 0 Å². The number of hydrogen-bond acceptors (Lipinski definition) is 5. The van der Waals surface area contributed by atoms with Crippen LogP contribution in [-0.2, 0) is 20.9 Å². The normalized spacial score (nSPS) is 13.2. The number of rotatable bonds is 6. The maximum atomic E-state index is 11.5. The molecular weight excluding hydrogens is 262 g/mol. The molecule has 0 fully saturated rings. The summed E-state index contributed by atoms with van der Waals surface area (Å²) in [5.41, 5.74) is 0.866. The highest BCUT2D eigenvalue weighted by Gasteiger charge is 2.20. The van der Waals surface area contributed by atoms with E-state index in [0.29, 0.717) is 0 Å². The van der Waals surface area contributed by atoms with E-state index in [0.717, 1.165) is 5.56 Å². The third kappa shape index (κ3) is 5.71. The van der Waals surface area contributed by atoms with E-state index >= 15 is 0 Å². The molecule has 6 nitrogen and oxygen atoms in total. The highest BCUT2D eigenvalue weighted by Crippen LogP contribution is 2.03. The molecule has 6 heteroatoms. The predicted molar refractivity (Wildman–Crippen MR) is 71.9 cm³/mol. The van der Waals surface area contributed by atoms with E-state index in [4.69, 9.17) is 4.74 Å². The van der Waals surface area contributed by atoms with Crippen molar-refractivity contribution < 1.29 is 24.2 Å². The van der Waals surface area contributed by atoms with Gasteiger partial charge in [-0.3, -0.25) is 4.79 Å². The van der Waals surface area contributed by atoms with E-state index in [1.807, 2.05) is 30.3 Å². The smallest absolute Gasteiger partial charge is 0.407 e. The minimum Gasteiger partial charge on any atom is -0.469 e. The summed E-state index contributed by atoms with van der Waals surface area (Å²) in [6, 6.07) is 8.62. The van der Waals surface area contributed by atoms with Gasteiger partial charge < -0.3 is 19.9 Å². The SMILES string of the molecule is COC(=O)C[C@@H](O)[C@H](C)NC(=O)OCc1ccccc1. The van der Waals surface area contributed by atoms with Gasteiger partial charge in [0.2, 0.25) is 0 Å². The fraction of sp³-hybridized carbons (Fsp3) is 0.429. The number of alkyl carbamates (subject to hydrolysis) is 1. The molecule has 0 aliphatic heterocycles. The van der Waals surface area contributed by atoms with Gasteiger partial charge in [0.25, 0.3) is 0 Å². The Kier molecular flexibility index (Phi) is 6.52. The molecule has 2 N–H and O–H groups in total. The molecule has 2 atom stereocenters. The quantitative estimate of drug-likeness (QED) is 0.766. The molecule has 110 valence electrons. The van der Waals surface area contributed by atoms with Gasteiger partial charge in [0.1, 0.15) is 6.61 Å². The van der Waals surface area contributed by atoms with Gasteiger partial charge in [-0.2, -0.15) is 0 Å². The first-order valence-corrected chi connectivity index (χ1v) is 6.25. The van der Waals surface area contributed by atoms with E-state index in [2.05, 4.69) is 10.1 Å². The lowest BCUT2D eigenvalue weighted by atomic mass is 10.1. The summed E-state index contributed by atoms with van der Waals surface area (Å²) >= 11 is 0. The van der Waals surface area contributed by atoms with Crippen LogP contribution in [0.15, 0.2) is 30.3 Å². The van der Waals surface area contributed by atoms with E-state index in [-0.39, 0.29) is 13.0 Å². The van der Waals surface area contributed by atoms with Crippen LogP contribution in [0.1, 0.15) is 18.9 Å². The van der Waals surface area contributed by atoms with Crippen LogP contribution in [0.3, 0.4) is 0 Å². The summed E-state index contributed by atoms with van der Waals surface area (Å²) < 4.78 is 9.44. The zero-order chi connectivity index (χ0) is 15.0. The molecule has 1 amide bonds. The standard InChI is InChI=1S/C14H19NO5/c1-10(12(16)8-13(17)19-2)15-14(18)20-9-11-6-4-3-5-7-11/h3-7,10,12,16H,8-9H2,1-2H3,(H,15,18)/t10-,12+/m0/s1. The fourth-order valence-electron chi connectivity index (χ4n) is 1.48. The molecule has 0 saturated carbocycles.